The molecule has 0 radical (unpaired) electrons. The summed E-state index contributed by atoms with van der Waals surface area (Å²) in [5, 5.41) is 10.3. The minimum atomic E-state index is -3.91. The van der Waals surface area contributed by atoms with Gasteiger partial charge in [0.2, 0.25) is 0 Å². The topological polar surface area (TPSA) is 115 Å². The maximum absolute atomic E-state index is 11.2. The van der Waals surface area contributed by atoms with Gasteiger partial charge in [0, 0.05) is 6.07 Å². The number of nitrogens with two attached hydrogens (primary N) is 1. The zero-order chi connectivity index (χ0) is 11.6. The Balaban J connectivity index is 3.38. The smallest absolute Gasteiger partial charge is 0.258 e. The van der Waals surface area contributed by atoms with Gasteiger partial charge in [0.25, 0.3) is 15.7 Å². The lowest BCUT2D eigenvalue weighted by Crippen LogP contribution is -2.30. The van der Waals surface area contributed by atoms with Gasteiger partial charge in [-0.3, -0.25) is 16.0 Å². The van der Waals surface area contributed by atoms with Crippen LogP contribution in [0.2, 0.25) is 5.02 Å². The number of nitrogens with zero attached hydrogens (tertiary/aromatic N) is 1. The standard InChI is InChI=1S/C6H6ClN3O4S/c7-5-2-1-4(15(13,14)9-8)3-6(5)10(11)12/h1-3,9H,8H2. The van der Waals surface area contributed by atoms with Crippen molar-refractivity contribution in [2.24, 2.45) is 5.84 Å². The van der Waals surface area contributed by atoms with Crippen molar-refractivity contribution in [3.05, 3.63) is 33.3 Å². The number of hydrogen-bond acceptors (Lipinski definition) is 5. The van der Waals surface area contributed by atoms with Crippen molar-refractivity contribution in [1.29, 1.82) is 0 Å². The van der Waals surface area contributed by atoms with Gasteiger partial charge in [-0.15, -0.1) is 0 Å². The first-order valence-electron chi connectivity index (χ1n) is 3.55. The van der Waals surface area contributed by atoms with Gasteiger partial charge in [-0.25, -0.2) is 8.42 Å². The number of hydrazine groups is 1. The SMILES string of the molecule is NNS(=O)(=O)c1ccc(Cl)c([N+](=O)[O-])c1. The highest BCUT2D eigenvalue weighted by Crippen LogP contribution is 2.26. The van der Waals surface area contributed by atoms with Crippen LogP contribution in [-0.4, -0.2) is 13.3 Å². The van der Waals surface area contributed by atoms with E-state index < -0.39 is 20.6 Å². The van der Waals surface area contributed by atoms with E-state index >= 15 is 0 Å². The third kappa shape index (κ3) is 2.42. The van der Waals surface area contributed by atoms with Crippen LogP contribution in [0.3, 0.4) is 0 Å². The molecule has 0 aromatic heterocycles. The van der Waals surface area contributed by atoms with Crippen molar-refractivity contribution >= 4 is 27.3 Å². The van der Waals surface area contributed by atoms with Crippen molar-refractivity contribution < 1.29 is 13.3 Å². The highest BCUT2D eigenvalue weighted by atomic mass is 35.5. The van der Waals surface area contributed by atoms with Crippen LogP contribution in [0.25, 0.3) is 0 Å². The van der Waals surface area contributed by atoms with Crippen molar-refractivity contribution in [3.8, 4) is 0 Å². The second-order valence-electron chi connectivity index (χ2n) is 2.49. The third-order valence-corrected chi connectivity index (χ3v) is 3.08. The Morgan fingerprint density at radius 3 is 2.53 bits per heavy atom. The number of hydrogen-bond donors (Lipinski definition) is 2. The van der Waals surface area contributed by atoms with Crippen molar-refractivity contribution in [2.45, 2.75) is 4.90 Å². The van der Waals surface area contributed by atoms with E-state index in [1.54, 1.807) is 4.83 Å². The van der Waals surface area contributed by atoms with Gasteiger partial charge in [0.05, 0.1) is 9.82 Å². The van der Waals surface area contributed by atoms with Crippen molar-refractivity contribution in [2.75, 3.05) is 0 Å². The average Bonchev–Trinajstić information content (AvgIpc) is 2.17. The molecule has 15 heavy (non-hydrogen) atoms. The fourth-order valence-electron chi connectivity index (χ4n) is 0.868. The maximum atomic E-state index is 11.2. The van der Waals surface area contributed by atoms with Crippen LogP contribution in [0.15, 0.2) is 23.1 Å². The van der Waals surface area contributed by atoms with E-state index in [1.807, 2.05) is 0 Å². The Bertz CT molecular complexity index is 501. The van der Waals surface area contributed by atoms with E-state index in [9.17, 15) is 18.5 Å². The van der Waals surface area contributed by atoms with Crippen LogP contribution in [0.5, 0.6) is 0 Å². The minimum absolute atomic E-state index is 0.143. The summed E-state index contributed by atoms with van der Waals surface area (Å²) in [6.07, 6.45) is 0. The van der Waals surface area contributed by atoms with Gasteiger partial charge in [0.15, 0.2) is 0 Å². The zero-order valence-electron chi connectivity index (χ0n) is 7.18. The molecule has 7 nitrogen and oxygen atoms in total. The molecule has 0 aliphatic rings. The van der Waals surface area contributed by atoms with Gasteiger partial charge < -0.3 is 0 Å². The monoisotopic (exact) mass is 251 g/mol. The summed E-state index contributed by atoms with van der Waals surface area (Å²) in [5.41, 5.74) is -0.493. The summed E-state index contributed by atoms with van der Waals surface area (Å²) < 4.78 is 22.4. The van der Waals surface area contributed by atoms with Gasteiger partial charge in [-0.1, -0.05) is 11.6 Å². The molecule has 0 spiro atoms. The maximum Gasteiger partial charge on any atom is 0.289 e. The van der Waals surface area contributed by atoms with Crippen LogP contribution >= 0.6 is 11.6 Å². The molecule has 3 N–H and O–H groups in total. The summed E-state index contributed by atoms with van der Waals surface area (Å²) in [7, 11) is -3.91. The summed E-state index contributed by atoms with van der Waals surface area (Å²) in [6, 6.07) is 3.06. The molecule has 0 atom stereocenters. The molecule has 0 amide bonds. The number of nitrogens with one attached hydrogen (secondary N) is 1. The molecule has 0 aliphatic heterocycles. The molecule has 0 fully saturated rings. The summed E-state index contributed by atoms with van der Waals surface area (Å²) in [6.45, 7) is 0. The Morgan fingerprint density at radius 1 is 1.47 bits per heavy atom. The Hall–Kier alpha value is -1.22. The van der Waals surface area contributed by atoms with Crippen LogP contribution in [0.4, 0.5) is 5.69 Å². The third-order valence-electron chi connectivity index (χ3n) is 1.58. The van der Waals surface area contributed by atoms with Gasteiger partial charge in [-0.2, -0.15) is 4.83 Å². The van der Waals surface area contributed by atoms with E-state index in [2.05, 4.69) is 0 Å². The Labute approximate surface area is 90.0 Å². The molecule has 0 saturated heterocycles. The fourth-order valence-corrected chi connectivity index (χ4v) is 1.70. The molecule has 0 aliphatic carbocycles. The van der Waals surface area contributed by atoms with E-state index in [4.69, 9.17) is 17.4 Å². The van der Waals surface area contributed by atoms with Crippen LogP contribution in [-0.2, 0) is 10.0 Å². The van der Waals surface area contributed by atoms with Gasteiger partial charge in [0.1, 0.15) is 5.02 Å². The predicted molar refractivity (Wildman–Crippen MR) is 52.6 cm³/mol. The zero-order valence-corrected chi connectivity index (χ0v) is 8.75. The molecular formula is C6H6ClN3O4S. The number of rotatable bonds is 3. The van der Waals surface area contributed by atoms with Crippen molar-refractivity contribution in [1.82, 2.24) is 4.83 Å². The fraction of sp³-hybridized carbons (Fsp3) is 0. The normalized spacial score (nSPS) is 11.3. The molecule has 9 heteroatoms. The number of benzene rings is 1. The van der Waals surface area contributed by atoms with Crippen LogP contribution in [0.1, 0.15) is 0 Å². The second kappa shape index (κ2) is 4.11. The molecule has 1 aromatic rings. The highest BCUT2D eigenvalue weighted by molar-refractivity contribution is 7.89. The number of sulfonamides is 1. The lowest BCUT2D eigenvalue weighted by Gasteiger charge is -2.02. The quantitative estimate of drug-likeness (QED) is 0.458. The number of nitro groups is 1. The molecule has 1 rings (SSSR count). The number of nitro benzene ring substituents is 1. The van der Waals surface area contributed by atoms with E-state index in [1.165, 1.54) is 0 Å². The summed E-state index contributed by atoms with van der Waals surface area (Å²) in [5.74, 6) is 4.76. The molecule has 0 saturated carbocycles. The first-order chi connectivity index (χ1) is 6.88. The van der Waals surface area contributed by atoms with Gasteiger partial charge >= 0.3 is 0 Å². The molecular weight excluding hydrogens is 246 g/mol. The predicted octanol–water partition coefficient (Wildman–Crippen LogP) is 0.400. The molecule has 0 unspecified atom stereocenters. The molecule has 1 aromatic carbocycles. The lowest BCUT2D eigenvalue weighted by molar-refractivity contribution is -0.384. The molecule has 0 bridgehead atoms. The van der Waals surface area contributed by atoms with Crippen LogP contribution in [0, 0.1) is 10.1 Å². The Kier molecular flexibility index (Phi) is 3.25. The lowest BCUT2D eigenvalue weighted by atomic mass is 10.3. The van der Waals surface area contributed by atoms with E-state index in [0.29, 0.717) is 0 Å². The largest absolute Gasteiger partial charge is 0.289 e. The summed E-state index contributed by atoms with van der Waals surface area (Å²) in [4.78, 5) is 10.9. The average molecular weight is 252 g/mol. The first kappa shape index (κ1) is 11.9. The minimum Gasteiger partial charge on any atom is -0.258 e. The first-order valence-corrected chi connectivity index (χ1v) is 5.41. The highest BCUT2D eigenvalue weighted by Gasteiger charge is 2.19. The number of halogens is 1. The van der Waals surface area contributed by atoms with Gasteiger partial charge in [-0.05, 0) is 12.1 Å². The molecule has 82 valence electrons. The van der Waals surface area contributed by atoms with Crippen molar-refractivity contribution in [3.63, 3.8) is 0 Å². The second-order valence-corrected chi connectivity index (χ2v) is 4.61. The Morgan fingerprint density at radius 2 is 2.07 bits per heavy atom. The molecule has 0 heterocycles. The summed E-state index contributed by atoms with van der Waals surface area (Å²) >= 11 is 5.50. The van der Waals surface area contributed by atoms with E-state index in [-0.39, 0.29) is 9.92 Å². The van der Waals surface area contributed by atoms with Crippen LogP contribution < -0.4 is 10.7 Å². The van der Waals surface area contributed by atoms with E-state index in [0.717, 1.165) is 18.2 Å².